The summed E-state index contributed by atoms with van der Waals surface area (Å²) in [7, 11) is 0. The Hall–Kier alpha value is -3.55. The number of oxazole rings is 1. The Morgan fingerprint density at radius 1 is 1.06 bits per heavy atom. The van der Waals surface area contributed by atoms with E-state index in [0.717, 1.165) is 44.0 Å². The molecule has 0 saturated carbocycles. The minimum atomic E-state index is -2.08. The fourth-order valence-electron chi connectivity index (χ4n) is 3.63. The van der Waals surface area contributed by atoms with Gasteiger partial charge in [0.05, 0.1) is 0 Å². The summed E-state index contributed by atoms with van der Waals surface area (Å²) in [5, 5.41) is 2.47. The molecule has 8 heteroatoms. The van der Waals surface area contributed by atoms with E-state index >= 15 is 0 Å². The first-order valence-corrected chi connectivity index (χ1v) is 10.5. The normalized spacial score (nSPS) is 14.8. The van der Waals surface area contributed by atoms with Crippen molar-refractivity contribution in [2.45, 2.75) is 32.0 Å². The van der Waals surface area contributed by atoms with Crippen molar-refractivity contribution in [3.8, 4) is 11.5 Å². The Labute approximate surface area is 184 Å². The summed E-state index contributed by atoms with van der Waals surface area (Å²) in [6, 6.07) is 12.2. The molecule has 1 fully saturated rings. The van der Waals surface area contributed by atoms with Crippen molar-refractivity contribution in [2.24, 2.45) is 0 Å². The molecule has 1 saturated heterocycles. The third-order valence-electron chi connectivity index (χ3n) is 5.44. The number of piperidine rings is 1. The van der Waals surface area contributed by atoms with E-state index in [4.69, 9.17) is 4.42 Å². The molecule has 1 aliphatic heterocycles. The number of hydrogen-bond donors (Lipinski definition) is 1. The molecule has 32 heavy (non-hydrogen) atoms. The number of hydrogen-bond acceptors (Lipinski definition) is 4. The fourth-order valence-corrected chi connectivity index (χ4v) is 3.63. The standard InChI is InChI=1S/C24H23F2N3O3/c25-19-7-3-2-6-18(19)21(26)22(30)27-14-16-8-10-17(11-9-16)23-28-20(15-32-23)24(31)29-12-4-1-5-13-29/h2-3,6-11,15,21H,1,4-5,12-14H2,(H,27,30). The summed E-state index contributed by atoms with van der Waals surface area (Å²) in [5.74, 6) is -1.48. The van der Waals surface area contributed by atoms with Gasteiger partial charge in [-0.1, -0.05) is 30.3 Å². The minimum Gasteiger partial charge on any atom is -0.444 e. The monoisotopic (exact) mass is 439 g/mol. The first-order valence-electron chi connectivity index (χ1n) is 10.5. The quantitative estimate of drug-likeness (QED) is 0.616. The zero-order chi connectivity index (χ0) is 22.5. The summed E-state index contributed by atoms with van der Waals surface area (Å²) in [4.78, 5) is 30.7. The summed E-state index contributed by atoms with van der Waals surface area (Å²) in [6.07, 6.45) is 2.41. The van der Waals surface area contributed by atoms with Crippen LogP contribution in [0.25, 0.3) is 11.5 Å². The zero-order valence-electron chi connectivity index (χ0n) is 17.4. The Morgan fingerprint density at radius 2 is 1.78 bits per heavy atom. The van der Waals surface area contributed by atoms with E-state index in [0.29, 0.717) is 11.5 Å². The maximum atomic E-state index is 14.3. The number of nitrogens with one attached hydrogen (secondary N) is 1. The van der Waals surface area contributed by atoms with E-state index in [-0.39, 0.29) is 23.7 Å². The number of benzene rings is 2. The first kappa shape index (κ1) is 21.7. The van der Waals surface area contributed by atoms with Crippen LogP contribution in [0.1, 0.15) is 47.0 Å². The van der Waals surface area contributed by atoms with Crippen molar-refractivity contribution < 1.29 is 22.8 Å². The Kier molecular flexibility index (Phi) is 6.58. The number of amides is 2. The number of carbonyl (C=O) groups excluding carboxylic acids is 2. The number of alkyl halides is 1. The van der Waals surface area contributed by atoms with Crippen molar-refractivity contribution in [1.29, 1.82) is 0 Å². The highest BCUT2D eigenvalue weighted by molar-refractivity contribution is 5.92. The molecule has 0 bridgehead atoms. The second-order valence-corrected chi connectivity index (χ2v) is 7.69. The summed E-state index contributed by atoms with van der Waals surface area (Å²) in [5.41, 5.74) is 1.38. The van der Waals surface area contributed by atoms with Crippen LogP contribution in [-0.2, 0) is 11.3 Å². The van der Waals surface area contributed by atoms with Gasteiger partial charge in [0.25, 0.3) is 11.8 Å². The average Bonchev–Trinajstić information content (AvgIpc) is 3.33. The molecule has 0 spiro atoms. The molecule has 0 radical (unpaired) electrons. The van der Waals surface area contributed by atoms with Gasteiger partial charge in [0.1, 0.15) is 12.1 Å². The number of nitrogens with zero attached hydrogens (tertiary/aromatic N) is 2. The van der Waals surface area contributed by atoms with Gasteiger partial charge < -0.3 is 14.6 Å². The molecule has 1 atom stereocenters. The zero-order valence-corrected chi connectivity index (χ0v) is 17.4. The average molecular weight is 439 g/mol. The molecule has 166 valence electrons. The molecule has 1 N–H and O–H groups in total. The van der Waals surface area contributed by atoms with Gasteiger partial charge in [-0.2, -0.15) is 0 Å². The highest BCUT2D eigenvalue weighted by Crippen LogP contribution is 2.22. The minimum absolute atomic E-state index is 0.0816. The van der Waals surface area contributed by atoms with Crippen LogP contribution in [0.15, 0.2) is 59.2 Å². The fraction of sp³-hybridized carbons (Fsp3) is 0.292. The lowest BCUT2D eigenvalue weighted by atomic mass is 10.1. The molecular formula is C24H23F2N3O3. The summed E-state index contributed by atoms with van der Waals surface area (Å²) in [6.45, 7) is 1.55. The molecule has 2 heterocycles. The smallest absolute Gasteiger partial charge is 0.275 e. The number of carbonyl (C=O) groups is 2. The third kappa shape index (κ3) is 4.85. The van der Waals surface area contributed by atoms with Gasteiger partial charge in [-0.15, -0.1) is 0 Å². The molecule has 1 unspecified atom stereocenters. The van der Waals surface area contributed by atoms with E-state index in [1.54, 1.807) is 29.2 Å². The van der Waals surface area contributed by atoms with Crippen molar-refractivity contribution in [1.82, 2.24) is 15.2 Å². The second-order valence-electron chi connectivity index (χ2n) is 7.69. The summed E-state index contributed by atoms with van der Waals surface area (Å²) >= 11 is 0. The molecule has 3 aromatic rings. The largest absolute Gasteiger partial charge is 0.444 e. The van der Waals surface area contributed by atoms with Crippen molar-refractivity contribution in [3.63, 3.8) is 0 Å². The Morgan fingerprint density at radius 3 is 2.50 bits per heavy atom. The van der Waals surface area contributed by atoms with Crippen molar-refractivity contribution >= 4 is 11.8 Å². The lowest BCUT2D eigenvalue weighted by Gasteiger charge is -2.25. The number of likely N-dealkylation sites (tertiary alicyclic amines) is 1. The molecule has 0 aliphatic carbocycles. The van der Waals surface area contributed by atoms with Gasteiger partial charge in [0, 0.05) is 30.8 Å². The second kappa shape index (κ2) is 9.72. The number of aromatic nitrogens is 1. The lowest BCUT2D eigenvalue weighted by Crippen LogP contribution is -2.35. The predicted octanol–water partition coefficient (Wildman–Crippen LogP) is 4.43. The van der Waals surface area contributed by atoms with Crippen LogP contribution in [0.2, 0.25) is 0 Å². The molecule has 1 aromatic heterocycles. The molecule has 2 amide bonds. The Balaban J connectivity index is 1.35. The van der Waals surface area contributed by atoms with Gasteiger partial charge in [0.2, 0.25) is 12.1 Å². The van der Waals surface area contributed by atoms with Crippen LogP contribution in [0.3, 0.4) is 0 Å². The Bertz CT molecular complexity index is 1090. The van der Waals surface area contributed by atoms with Crippen LogP contribution in [0.5, 0.6) is 0 Å². The molecule has 2 aromatic carbocycles. The van der Waals surface area contributed by atoms with Crippen molar-refractivity contribution in [3.05, 3.63) is 77.4 Å². The van der Waals surface area contributed by atoms with E-state index in [9.17, 15) is 18.4 Å². The van der Waals surface area contributed by atoms with E-state index in [1.807, 2.05) is 0 Å². The van der Waals surface area contributed by atoms with Gasteiger partial charge in [-0.25, -0.2) is 13.8 Å². The van der Waals surface area contributed by atoms with Crippen molar-refractivity contribution in [2.75, 3.05) is 13.1 Å². The summed E-state index contributed by atoms with van der Waals surface area (Å²) < 4.78 is 33.4. The number of rotatable bonds is 6. The van der Waals surface area contributed by atoms with Gasteiger partial charge in [-0.05, 0) is 43.0 Å². The lowest BCUT2D eigenvalue weighted by molar-refractivity contribution is -0.126. The van der Waals surface area contributed by atoms with Crippen LogP contribution < -0.4 is 5.32 Å². The maximum absolute atomic E-state index is 14.3. The highest BCUT2D eigenvalue weighted by atomic mass is 19.1. The van der Waals surface area contributed by atoms with E-state index in [2.05, 4.69) is 10.3 Å². The van der Waals surface area contributed by atoms with Crippen LogP contribution in [0, 0.1) is 5.82 Å². The van der Waals surface area contributed by atoms with Crippen LogP contribution in [-0.4, -0.2) is 34.8 Å². The maximum Gasteiger partial charge on any atom is 0.275 e. The van der Waals surface area contributed by atoms with Crippen LogP contribution >= 0.6 is 0 Å². The molecular weight excluding hydrogens is 416 g/mol. The SMILES string of the molecule is O=C(NCc1ccc(-c2nc(C(=O)N3CCCCC3)co2)cc1)C(F)c1ccccc1F. The highest BCUT2D eigenvalue weighted by Gasteiger charge is 2.23. The molecule has 4 rings (SSSR count). The molecule has 1 aliphatic rings. The van der Waals surface area contributed by atoms with Gasteiger partial charge >= 0.3 is 0 Å². The van der Waals surface area contributed by atoms with Gasteiger partial charge in [-0.3, -0.25) is 9.59 Å². The van der Waals surface area contributed by atoms with Crippen LogP contribution in [0.4, 0.5) is 8.78 Å². The van der Waals surface area contributed by atoms with E-state index < -0.39 is 17.9 Å². The third-order valence-corrected chi connectivity index (χ3v) is 5.44. The van der Waals surface area contributed by atoms with Gasteiger partial charge in [0.15, 0.2) is 5.69 Å². The molecule has 6 nitrogen and oxygen atoms in total. The number of halogens is 2. The first-order chi connectivity index (χ1) is 15.5. The van der Waals surface area contributed by atoms with E-state index in [1.165, 1.54) is 24.5 Å². The predicted molar refractivity (Wildman–Crippen MR) is 114 cm³/mol. The topological polar surface area (TPSA) is 75.4 Å².